The first-order valence-electron chi connectivity index (χ1n) is 11.3. The van der Waals surface area contributed by atoms with Crippen LogP contribution in [0.2, 0.25) is 0 Å². The molecule has 0 saturated carbocycles. The molecule has 2 aromatic rings. The average molecular weight is 424 g/mol. The van der Waals surface area contributed by atoms with Crippen LogP contribution in [0.15, 0.2) is 42.6 Å². The van der Waals surface area contributed by atoms with Crippen LogP contribution in [0.3, 0.4) is 0 Å². The molecule has 1 fully saturated rings. The number of nitrogens with one attached hydrogen (secondary N) is 2. The molecule has 0 bridgehead atoms. The van der Waals surface area contributed by atoms with Gasteiger partial charge in [-0.3, -0.25) is 4.90 Å². The number of hydrogen-bond donors (Lipinski definition) is 2. The van der Waals surface area contributed by atoms with Gasteiger partial charge in [-0.25, -0.2) is 9.78 Å². The van der Waals surface area contributed by atoms with Crippen LogP contribution in [0.4, 0.5) is 10.6 Å². The van der Waals surface area contributed by atoms with E-state index in [0.717, 1.165) is 63.6 Å². The Morgan fingerprint density at radius 3 is 2.65 bits per heavy atom. The summed E-state index contributed by atoms with van der Waals surface area (Å²) in [6, 6.07) is 12.9. The van der Waals surface area contributed by atoms with Gasteiger partial charge in [0.1, 0.15) is 5.82 Å². The number of amides is 2. The number of fused-ring (bicyclic) bond motifs is 1. The maximum atomic E-state index is 12.3. The number of nitrogens with zero attached hydrogens (tertiary/aromatic N) is 3. The summed E-state index contributed by atoms with van der Waals surface area (Å²) in [5.41, 5.74) is 3.85. The third-order valence-electron chi connectivity index (χ3n) is 6.24. The molecule has 31 heavy (non-hydrogen) atoms. The summed E-state index contributed by atoms with van der Waals surface area (Å²) in [6.07, 6.45) is 3.92. The number of aromatic nitrogens is 1. The normalized spacial score (nSPS) is 17.6. The zero-order valence-electron chi connectivity index (χ0n) is 18.3. The van der Waals surface area contributed by atoms with Crippen molar-refractivity contribution in [1.82, 2.24) is 20.5 Å². The highest BCUT2D eigenvalue weighted by molar-refractivity contribution is 5.73. The predicted octanol–water partition coefficient (Wildman–Crippen LogP) is 2.55. The molecule has 3 heterocycles. The Morgan fingerprint density at radius 2 is 1.90 bits per heavy atom. The largest absolute Gasteiger partial charge is 0.378 e. The number of anilines is 1. The Labute approximate surface area is 184 Å². The summed E-state index contributed by atoms with van der Waals surface area (Å²) < 4.78 is 5.38. The molecule has 1 atom stereocenters. The lowest BCUT2D eigenvalue weighted by Crippen LogP contribution is -2.47. The van der Waals surface area contributed by atoms with E-state index < -0.39 is 0 Å². The molecule has 0 spiro atoms. The highest BCUT2D eigenvalue weighted by Crippen LogP contribution is 2.21. The fraction of sp³-hybridized carbons (Fsp3) is 0.500. The van der Waals surface area contributed by atoms with E-state index in [2.05, 4.69) is 56.6 Å². The molecule has 0 unspecified atom stereocenters. The monoisotopic (exact) mass is 423 g/mol. The third kappa shape index (κ3) is 5.74. The van der Waals surface area contributed by atoms with Crippen LogP contribution in [0, 0.1) is 0 Å². The van der Waals surface area contributed by atoms with E-state index in [9.17, 15) is 4.79 Å². The Morgan fingerprint density at radius 1 is 1.10 bits per heavy atom. The van der Waals surface area contributed by atoms with Gasteiger partial charge in [-0.1, -0.05) is 37.3 Å². The van der Waals surface area contributed by atoms with Gasteiger partial charge in [0.2, 0.25) is 0 Å². The van der Waals surface area contributed by atoms with E-state index in [1.54, 1.807) is 0 Å². The number of morpholine rings is 1. The molecule has 7 heteroatoms. The van der Waals surface area contributed by atoms with Gasteiger partial charge in [0.25, 0.3) is 0 Å². The molecule has 0 radical (unpaired) electrons. The van der Waals surface area contributed by atoms with E-state index in [1.807, 2.05) is 18.3 Å². The van der Waals surface area contributed by atoms with Crippen LogP contribution in [0.25, 0.3) is 0 Å². The first kappa shape index (κ1) is 21.6. The molecule has 1 aromatic carbocycles. The van der Waals surface area contributed by atoms with Crippen molar-refractivity contribution in [2.45, 2.75) is 38.9 Å². The zero-order chi connectivity index (χ0) is 21.5. The first-order valence-corrected chi connectivity index (χ1v) is 11.3. The number of ether oxygens (including phenoxy) is 1. The minimum atomic E-state index is -0.131. The van der Waals surface area contributed by atoms with Crippen LogP contribution in [-0.2, 0) is 24.2 Å². The van der Waals surface area contributed by atoms with E-state index >= 15 is 0 Å². The van der Waals surface area contributed by atoms with Gasteiger partial charge in [-0.15, -0.1) is 0 Å². The van der Waals surface area contributed by atoms with Crippen molar-refractivity contribution < 1.29 is 9.53 Å². The smallest absolute Gasteiger partial charge is 0.315 e. The topological polar surface area (TPSA) is 69.7 Å². The minimum Gasteiger partial charge on any atom is -0.378 e. The third-order valence-corrected chi connectivity index (χ3v) is 6.24. The summed E-state index contributed by atoms with van der Waals surface area (Å²) in [4.78, 5) is 21.6. The number of carbonyl (C=O) groups excluding carboxylic acids is 1. The number of rotatable bonds is 7. The van der Waals surface area contributed by atoms with Gasteiger partial charge in [-0.05, 0) is 35.6 Å². The fourth-order valence-electron chi connectivity index (χ4n) is 4.32. The van der Waals surface area contributed by atoms with Crippen molar-refractivity contribution >= 4 is 11.8 Å². The highest BCUT2D eigenvalue weighted by atomic mass is 16.5. The molecule has 166 valence electrons. The molecule has 1 aromatic heterocycles. The second kappa shape index (κ2) is 10.6. The molecular weight excluding hydrogens is 390 g/mol. The molecule has 1 saturated heterocycles. The van der Waals surface area contributed by atoms with Crippen molar-refractivity contribution in [2.24, 2.45) is 0 Å². The van der Waals surface area contributed by atoms with Crippen molar-refractivity contribution in [3.05, 3.63) is 59.3 Å². The number of pyridine rings is 1. The molecule has 2 amide bonds. The average Bonchev–Trinajstić information content (AvgIpc) is 2.84. The minimum absolute atomic E-state index is 0.131. The van der Waals surface area contributed by atoms with Gasteiger partial charge in [0, 0.05) is 51.5 Å². The highest BCUT2D eigenvalue weighted by Gasteiger charge is 2.22. The Hall–Kier alpha value is -2.64. The molecule has 7 nitrogen and oxygen atoms in total. The van der Waals surface area contributed by atoms with Crippen molar-refractivity contribution in [3.63, 3.8) is 0 Å². The van der Waals surface area contributed by atoms with Gasteiger partial charge in [0.05, 0.1) is 13.2 Å². The predicted molar refractivity (Wildman–Crippen MR) is 122 cm³/mol. The van der Waals surface area contributed by atoms with Crippen LogP contribution in [-0.4, -0.2) is 61.3 Å². The molecule has 4 rings (SSSR count). The van der Waals surface area contributed by atoms with E-state index in [0.29, 0.717) is 19.1 Å². The van der Waals surface area contributed by atoms with Gasteiger partial charge in [-0.2, -0.15) is 0 Å². The SMILES string of the molecule is CC[C@@H](CNC(=O)NCc1ccc(N2CCOCC2)nc1)N1CCc2ccccc2C1. The zero-order valence-corrected chi connectivity index (χ0v) is 18.3. The van der Waals surface area contributed by atoms with Crippen LogP contribution in [0.1, 0.15) is 30.0 Å². The molecule has 2 aliphatic heterocycles. The Balaban J connectivity index is 1.21. The van der Waals surface area contributed by atoms with E-state index in [-0.39, 0.29) is 6.03 Å². The molecule has 2 aliphatic rings. The van der Waals surface area contributed by atoms with Crippen molar-refractivity contribution in [3.8, 4) is 0 Å². The lowest BCUT2D eigenvalue weighted by Gasteiger charge is -2.35. The van der Waals surface area contributed by atoms with Crippen molar-refractivity contribution in [1.29, 1.82) is 0 Å². The lowest BCUT2D eigenvalue weighted by molar-refractivity contribution is 0.122. The van der Waals surface area contributed by atoms with Crippen LogP contribution < -0.4 is 15.5 Å². The van der Waals surface area contributed by atoms with Crippen LogP contribution in [0.5, 0.6) is 0 Å². The maximum Gasteiger partial charge on any atom is 0.315 e. The first-order chi connectivity index (χ1) is 15.2. The fourth-order valence-corrected chi connectivity index (χ4v) is 4.32. The summed E-state index contributed by atoms with van der Waals surface area (Å²) in [5.74, 6) is 0.963. The second-order valence-electron chi connectivity index (χ2n) is 8.24. The van der Waals surface area contributed by atoms with Gasteiger partial charge in [0.15, 0.2) is 0 Å². The van der Waals surface area contributed by atoms with Crippen molar-refractivity contribution in [2.75, 3.05) is 44.3 Å². The molecule has 0 aliphatic carbocycles. The maximum absolute atomic E-state index is 12.3. The summed E-state index contributed by atoms with van der Waals surface area (Å²) >= 11 is 0. The van der Waals surface area contributed by atoms with Gasteiger partial charge < -0.3 is 20.3 Å². The number of hydrogen-bond acceptors (Lipinski definition) is 5. The van der Waals surface area contributed by atoms with Crippen LogP contribution >= 0.6 is 0 Å². The quantitative estimate of drug-likeness (QED) is 0.716. The summed E-state index contributed by atoms with van der Waals surface area (Å²) in [5, 5.41) is 6.01. The van der Waals surface area contributed by atoms with E-state index in [1.165, 1.54) is 11.1 Å². The number of benzene rings is 1. The standard InChI is InChI=1S/C24H33N5O2/c1-2-22(29-10-9-20-5-3-4-6-21(20)18-29)17-27-24(30)26-16-19-7-8-23(25-15-19)28-11-13-31-14-12-28/h3-8,15,22H,2,9-14,16-18H2,1H3,(H2,26,27,30)/t22-/m0/s1. The lowest BCUT2D eigenvalue weighted by atomic mass is 9.98. The number of urea groups is 1. The summed E-state index contributed by atoms with van der Waals surface area (Å²) in [7, 11) is 0. The Kier molecular flexibility index (Phi) is 7.38. The number of carbonyl (C=O) groups is 1. The molecule has 2 N–H and O–H groups in total. The second-order valence-corrected chi connectivity index (χ2v) is 8.24. The summed E-state index contributed by atoms with van der Waals surface area (Å²) in [6.45, 7) is 8.53. The van der Waals surface area contributed by atoms with E-state index in [4.69, 9.17) is 4.74 Å². The Bertz CT molecular complexity index is 851. The van der Waals surface area contributed by atoms with Gasteiger partial charge >= 0.3 is 6.03 Å². The molecular formula is C24H33N5O2.